The summed E-state index contributed by atoms with van der Waals surface area (Å²) in [6.07, 6.45) is 0.491. The standard InChI is InChI=1S/C9H18FIN/c1-7(2)8-4-5-12(11-3)6-9(8)10/h7-9H,4-6H2,1-3H3/q-1/t8-,9+/m0/s1. The molecule has 12 heavy (non-hydrogen) atoms. The molecule has 0 bridgehead atoms. The van der Waals surface area contributed by atoms with E-state index in [4.69, 9.17) is 0 Å². The fourth-order valence-electron chi connectivity index (χ4n) is 1.79. The van der Waals surface area contributed by atoms with Gasteiger partial charge in [0.25, 0.3) is 0 Å². The molecular weight excluding hydrogens is 268 g/mol. The summed E-state index contributed by atoms with van der Waals surface area (Å²) in [6, 6.07) is 0. The zero-order valence-corrected chi connectivity index (χ0v) is 10.2. The van der Waals surface area contributed by atoms with Gasteiger partial charge in [-0.2, -0.15) is 0 Å². The maximum atomic E-state index is 13.5. The topological polar surface area (TPSA) is 3.24 Å². The molecule has 0 saturated carbocycles. The summed E-state index contributed by atoms with van der Waals surface area (Å²) in [7, 11) is 0. The molecule has 0 aliphatic carbocycles. The van der Waals surface area contributed by atoms with Crippen LogP contribution in [0.5, 0.6) is 0 Å². The summed E-state index contributed by atoms with van der Waals surface area (Å²) in [5.74, 6) is 0.828. The monoisotopic (exact) mass is 286 g/mol. The Labute approximate surface area is 85.3 Å². The molecule has 1 saturated heterocycles. The van der Waals surface area contributed by atoms with E-state index in [2.05, 4.69) is 21.9 Å². The molecule has 2 atom stereocenters. The Morgan fingerprint density at radius 3 is 2.58 bits per heavy atom. The van der Waals surface area contributed by atoms with E-state index in [1.54, 1.807) is 0 Å². The average Bonchev–Trinajstić information content (AvgIpc) is 2.03. The summed E-state index contributed by atoms with van der Waals surface area (Å²) in [4.78, 5) is 2.21. The zero-order valence-electron chi connectivity index (χ0n) is 8.06. The number of rotatable bonds is 2. The third-order valence-corrected chi connectivity index (χ3v) is 4.88. The second-order valence-electron chi connectivity index (χ2n) is 3.75. The molecule has 0 aromatic carbocycles. The normalized spacial score (nSPS) is 33.1. The average molecular weight is 286 g/mol. The van der Waals surface area contributed by atoms with E-state index in [1.165, 1.54) is 0 Å². The first-order chi connectivity index (χ1) is 5.65. The Balaban J connectivity index is 2.42. The van der Waals surface area contributed by atoms with Crippen molar-refractivity contribution in [2.45, 2.75) is 26.4 Å². The fourth-order valence-corrected chi connectivity index (χ4v) is 3.32. The van der Waals surface area contributed by atoms with Crippen molar-refractivity contribution in [2.24, 2.45) is 11.8 Å². The van der Waals surface area contributed by atoms with Gasteiger partial charge in [-0.15, -0.1) is 0 Å². The molecule has 1 rings (SSSR count). The number of piperidine rings is 1. The van der Waals surface area contributed by atoms with E-state index < -0.39 is 6.17 Å². The van der Waals surface area contributed by atoms with Gasteiger partial charge in [0, 0.05) is 0 Å². The van der Waals surface area contributed by atoms with Crippen molar-refractivity contribution in [2.75, 3.05) is 18.0 Å². The van der Waals surface area contributed by atoms with Crippen molar-refractivity contribution < 1.29 is 25.9 Å². The first-order valence-electron chi connectivity index (χ1n) is 4.54. The number of nitrogens with zero attached hydrogens (tertiary/aromatic N) is 1. The molecule has 1 aliphatic rings. The Kier molecular flexibility index (Phi) is 4.23. The Bertz CT molecular complexity index is 140. The van der Waals surface area contributed by atoms with Gasteiger partial charge < -0.3 is 0 Å². The molecule has 0 aromatic rings. The first-order valence-corrected chi connectivity index (χ1v) is 7.66. The molecule has 0 amide bonds. The fraction of sp³-hybridized carbons (Fsp3) is 1.00. The van der Waals surface area contributed by atoms with Gasteiger partial charge >= 0.3 is 85.3 Å². The van der Waals surface area contributed by atoms with Crippen LogP contribution in [0.3, 0.4) is 0 Å². The molecule has 3 heteroatoms. The van der Waals surface area contributed by atoms with Gasteiger partial charge in [0.1, 0.15) is 0 Å². The molecule has 74 valence electrons. The molecule has 0 spiro atoms. The SMILES string of the molecule is C[I-]N1CC[C@@H](C(C)C)[C@H](F)C1. The predicted molar refractivity (Wildman–Crippen MR) is 45.3 cm³/mol. The van der Waals surface area contributed by atoms with Gasteiger partial charge in [0.15, 0.2) is 0 Å². The minimum absolute atomic E-state index is 0.113. The van der Waals surface area contributed by atoms with Crippen LogP contribution in [0.2, 0.25) is 0 Å². The summed E-state index contributed by atoms with van der Waals surface area (Å²) >= 11 is 0.113. The quantitative estimate of drug-likeness (QED) is 0.355. The van der Waals surface area contributed by atoms with Gasteiger partial charge in [0.2, 0.25) is 0 Å². The van der Waals surface area contributed by atoms with Crippen molar-refractivity contribution in [1.82, 2.24) is 3.11 Å². The Morgan fingerprint density at radius 2 is 2.17 bits per heavy atom. The van der Waals surface area contributed by atoms with E-state index in [0.29, 0.717) is 18.4 Å². The number of hydrogen-bond acceptors (Lipinski definition) is 1. The second kappa shape index (κ2) is 4.74. The minimum atomic E-state index is -0.571. The van der Waals surface area contributed by atoms with E-state index in [0.717, 1.165) is 13.0 Å². The molecular formula is C9H18FIN-. The number of halogens is 2. The third kappa shape index (κ3) is 2.55. The van der Waals surface area contributed by atoms with E-state index in [9.17, 15) is 4.39 Å². The maximum absolute atomic E-state index is 13.5. The van der Waals surface area contributed by atoms with Crippen LogP contribution >= 0.6 is 0 Å². The summed E-state index contributed by atoms with van der Waals surface area (Å²) in [5, 5.41) is 0. The van der Waals surface area contributed by atoms with Gasteiger partial charge in [-0.25, -0.2) is 0 Å². The predicted octanol–water partition coefficient (Wildman–Crippen LogP) is -1.06. The van der Waals surface area contributed by atoms with Crippen LogP contribution in [0.15, 0.2) is 0 Å². The molecule has 1 fully saturated rings. The van der Waals surface area contributed by atoms with Gasteiger partial charge in [-0.3, -0.25) is 0 Å². The van der Waals surface area contributed by atoms with Gasteiger partial charge in [-0.05, 0) is 0 Å². The number of alkyl halides is 2. The van der Waals surface area contributed by atoms with Crippen molar-refractivity contribution >= 4 is 0 Å². The molecule has 0 unspecified atom stereocenters. The van der Waals surface area contributed by atoms with Crippen LogP contribution in [0, 0.1) is 11.8 Å². The van der Waals surface area contributed by atoms with E-state index in [-0.39, 0.29) is 21.5 Å². The molecule has 1 aliphatic heterocycles. The molecule has 0 N–H and O–H groups in total. The van der Waals surface area contributed by atoms with Crippen molar-refractivity contribution in [3.05, 3.63) is 0 Å². The molecule has 1 heterocycles. The molecule has 0 radical (unpaired) electrons. The molecule has 1 nitrogen and oxygen atoms in total. The van der Waals surface area contributed by atoms with Crippen LogP contribution in [0.25, 0.3) is 0 Å². The van der Waals surface area contributed by atoms with Crippen LogP contribution in [0.1, 0.15) is 20.3 Å². The van der Waals surface area contributed by atoms with Gasteiger partial charge in [-0.1, -0.05) is 0 Å². The van der Waals surface area contributed by atoms with Crippen molar-refractivity contribution in [3.63, 3.8) is 0 Å². The van der Waals surface area contributed by atoms with Crippen LogP contribution in [-0.2, 0) is 0 Å². The zero-order chi connectivity index (χ0) is 9.14. The summed E-state index contributed by atoms with van der Waals surface area (Å²) < 4.78 is 15.8. The van der Waals surface area contributed by atoms with Crippen molar-refractivity contribution in [3.8, 4) is 0 Å². The summed E-state index contributed by atoms with van der Waals surface area (Å²) in [6.45, 7) is 6.10. The first kappa shape index (κ1) is 10.7. The third-order valence-electron chi connectivity index (χ3n) is 2.64. The molecule has 0 aromatic heterocycles. The van der Waals surface area contributed by atoms with Crippen LogP contribution < -0.4 is 21.5 Å². The Morgan fingerprint density at radius 1 is 1.50 bits per heavy atom. The second-order valence-corrected chi connectivity index (χ2v) is 6.08. The summed E-state index contributed by atoms with van der Waals surface area (Å²) in [5.41, 5.74) is 0. The number of hydrogen-bond donors (Lipinski definition) is 0. The van der Waals surface area contributed by atoms with Gasteiger partial charge in [0.05, 0.1) is 0 Å². The Hall–Kier alpha value is 0.620. The van der Waals surface area contributed by atoms with E-state index in [1.807, 2.05) is 0 Å². The van der Waals surface area contributed by atoms with Crippen LogP contribution in [-0.4, -0.2) is 27.3 Å². The van der Waals surface area contributed by atoms with Crippen molar-refractivity contribution in [1.29, 1.82) is 0 Å². The van der Waals surface area contributed by atoms with E-state index >= 15 is 0 Å². The van der Waals surface area contributed by atoms with Crippen LogP contribution in [0.4, 0.5) is 4.39 Å².